The Bertz CT molecular complexity index is 820. The Morgan fingerprint density at radius 1 is 1.35 bits per heavy atom. The van der Waals surface area contributed by atoms with Crippen molar-refractivity contribution in [3.05, 3.63) is 42.5 Å². The van der Waals surface area contributed by atoms with Crippen molar-refractivity contribution in [1.82, 2.24) is 25.0 Å². The van der Waals surface area contributed by atoms with Gasteiger partial charge in [-0.15, -0.1) is 0 Å². The van der Waals surface area contributed by atoms with Gasteiger partial charge in [-0.2, -0.15) is 5.10 Å². The molecule has 2 fully saturated rings. The number of urea groups is 1. The molecule has 0 aliphatic carbocycles. The first-order chi connectivity index (χ1) is 12.5. The smallest absolute Gasteiger partial charge is 0.317 e. The van der Waals surface area contributed by atoms with Crippen LogP contribution in [0.5, 0.6) is 0 Å². The van der Waals surface area contributed by atoms with Gasteiger partial charge in [0.25, 0.3) is 0 Å². The van der Waals surface area contributed by atoms with E-state index in [1.165, 1.54) is 0 Å². The summed E-state index contributed by atoms with van der Waals surface area (Å²) in [5.41, 5.74) is 1.64. The molecule has 26 heavy (non-hydrogen) atoms. The van der Waals surface area contributed by atoms with Gasteiger partial charge < -0.3 is 15.1 Å². The van der Waals surface area contributed by atoms with E-state index in [9.17, 15) is 9.59 Å². The number of nitrogens with zero attached hydrogens (tertiary/aromatic N) is 5. The lowest BCUT2D eigenvalue weighted by atomic mass is 9.86. The highest BCUT2D eigenvalue weighted by Crippen LogP contribution is 2.41. The van der Waals surface area contributed by atoms with Gasteiger partial charge in [-0.25, -0.2) is 4.79 Å². The van der Waals surface area contributed by atoms with Crippen LogP contribution in [0, 0.1) is 5.41 Å². The van der Waals surface area contributed by atoms with E-state index in [-0.39, 0.29) is 17.4 Å². The van der Waals surface area contributed by atoms with Gasteiger partial charge in [0, 0.05) is 63.7 Å². The average molecular weight is 354 g/mol. The minimum Gasteiger partial charge on any atom is -0.334 e. The highest BCUT2D eigenvalue weighted by molar-refractivity contribution is 5.96. The molecular weight excluding hydrogens is 332 g/mol. The molecule has 8 nitrogen and oxygen atoms in total. The third kappa shape index (κ3) is 3.14. The van der Waals surface area contributed by atoms with Crippen LogP contribution >= 0.6 is 0 Å². The molecule has 1 unspecified atom stereocenters. The second-order valence-corrected chi connectivity index (χ2v) is 7.22. The average Bonchev–Trinajstić information content (AvgIpc) is 3.33. The van der Waals surface area contributed by atoms with Crippen LogP contribution in [0.15, 0.2) is 36.9 Å². The summed E-state index contributed by atoms with van der Waals surface area (Å²) in [6.45, 7) is 2.38. The first-order valence-electron chi connectivity index (χ1n) is 8.75. The lowest BCUT2D eigenvalue weighted by Gasteiger charge is -2.23. The summed E-state index contributed by atoms with van der Waals surface area (Å²) in [6, 6.07) is 3.70. The topological polar surface area (TPSA) is 83.4 Å². The first kappa shape index (κ1) is 16.6. The molecule has 2 aliphatic heterocycles. The predicted molar refractivity (Wildman–Crippen MR) is 95.3 cm³/mol. The third-order valence-electron chi connectivity index (χ3n) is 5.22. The number of pyridine rings is 1. The molecule has 0 aromatic carbocycles. The molecule has 0 radical (unpaired) electrons. The lowest BCUT2D eigenvalue weighted by molar-refractivity contribution is -0.117. The van der Waals surface area contributed by atoms with E-state index < -0.39 is 0 Å². The van der Waals surface area contributed by atoms with E-state index in [0.29, 0.717) is 32.6 Å². The summed E-state index contributed by atoms with van der Waals surface area (Å²) in [4.78, 5) is 32.6. The van der Waals surface area contributed by atoms with E-state index in [0.717, 1.165) is 17.7 Å². The zero-order valence-corrected chi connectivity index (χ0v) is 14.8. The quantitative estimate of drug-likeness (QED) is 0.896. The molecule has 4 rings (SSSR count). The number of hydrogen-bond donors (Lipinski definition) is 1. The second kappa shape index (κ2) is 6.44. The minimum absolute atomic E-state index is 0.0852. The van der Waals surface area contributed by atoms with Crippen LogP contribution in [0.25, 0.3) is 0 Å². The summed E-state index contributed by atoms with van der Waals surface area (Å²) in [6.07, 6.45) is 8.34. The maximum Gasteiger partial charge on any atom is 0.317 e. The monoisotopic (exact) mass is 354 g/mol. The van der Waals surface area contributed by atoms with Gasteiger partial charge in [0.2, 0.25) is 5.91 Å². The molecule has 4 heterocycles. The van der Waals surface area contributed by atoms with E-state index in [2.05, 4.69) is 15.4 Å². The zero-order valence-electron chi connectivity index (χ0n) is 14.8. The fraction of sp³-hybridized carbons (Fsp3) is 0.444. The summed E-state index contributed by atoms with van der Waals surface area (Å²) >= 11 is 0. The number of amides is 3. The molecule has 2 saturated heterocycles. The molecular formula is C18H22N6O2. The second-order valence-electron chi connectivity index (χ2n) is 7.22. The minimum atomic E-state index is -0.154. The Morgan fingerprint density at radius 2 is 2.23 bits per heavy atom. The van der Waals surface area contributed by atoms with Crippen molar-refractivity contribution in [2.24, 2.45) is 12.5 Å². The fourth-order valence-electron chi connectivity index (χ4n) is 3.85. The standard InChI is InChI=1S/C18H22N6O2/c1-22-11-15(10-21-22)24-13-18(7-16(24)25)4-6-23(12-18)17(26)20-9-14-3-2-5-19-8-14/h2-3,5,8,10-11H,4,6-7,9,12-13H2,1H3,(H,20,26). The van der Waals surface area contributed by atoms with Gasteiger partial charge in [-0.3, -0.25) is 14.5 Å². The maximum absolute atomic E-state index is 12.5. The summed E-state index contributed by atoms with van der Waals surface area (Å²) in [5.74, 6) is 0.107. The van der Waals surface area contributed by atoms with Crippen LogP contribution in [0.4, 0.5) is 10.5 Å². The molecule has 3 amide bonds. The van der Waals surface area contributed by atoms with Gasteiger partial charge in [-0.1, -0.05) is 6.07 Å². The van der Waals surface area contributed by atoms with Crippen molar-refractivity contribution >= 4 is 17.6 Å². The van der Waals surface area contributed by atoms with Gasteiger partial charge in [0.05, 0.1) is 11.9 Å². The SMILES string of the molecule is Cn1cc(N2CC3(CCN(C(=O)NCc4cccnc4)C3)CC2=O)cn1. The molecule has 1 atom stereocenters. The molecule has 0 bridgehead atoms. The Morgan fingerprint density at radius 3 is 2.96 bits per heavy atom. The molecule has 1 N–H and O–H groups in total. The van der Waals surface area contributed by atoms with Gasteiger partial charge in [-0.05, 0) is 18.1 Å². The fourth-order valence-corrected chi connectivity index (χ4v) is 3.85. The highest BCUT2D eigenvalue weighted by Gasteiger charge is 2.49. The number of rotatable bonds is 3. The van der Waals surface area contributed by atoms with Crippen molar-refractivity contribution < 1.29 is 9.59 Å². The third-order valence-corrected chi connectivity index (χ3v) is 5.22. The normalized spacial score (nSPS) is 22.4. The lowest BCUT2D eigenvalue weighted by Crippen LogP contribution is -2.40. The summed E-state index contributed by atoms with van der Waals surface area (Å²) < 4.78 is 1.69. The van der Waals surface area contributed by atoms with Crippen molar-refractivity contribution in [1.29, 1.82) is 0 Å². The first-order valence-corrected chi connectivity index (χ1v) is 8.75. The largest absolute Gasteiger partial charge is 0.334 e. The number of carbonyl (C=O) groups excluding carboxylic acids is 2. The zero-order chi connectivity index (χ0) is 18.1. The molecule has 2 aromatic heterocycles. The van der Waals surface area contributed by atoms with Crippen LogP contribution in [0.1, 0.15) is 18.4 Å². The number of anilines is 1. The van der Waals surface area contributed by atoms with Crippen LogP contribution < -0.4 is 10.2 Å². The number of aryl methyl sites for hydroxylation is 1. The predicted octanol–water partition coefficient (Wildman–Crippen LogP) is 1.15. The molecule has 2 aliphatic rings. The van der Waals surface area contributed by atoms with E-state index >= 15 is 0 Å². The van der Waals surface area contributed by atoms with Gasteiger partial charge >= 0.3 is 6.03 Å². The number of aromatic nitrogens is 3. The summed E-state index contributed by atoms with van der Waals surface area (Å²) in [5, 5.41) is 7.09. The molecule has 8 heteroatoms. The molecule has 2 aromatic rings. The number of nitrogens with one attached hydrogen (secondary N) is 1. The number of likely N-dealkylation sites (tertiary alicyclic amines) is 1. The highest BCUT2D eigenvalue weighted by atomic mass is 16.2. The Balaban J connectivity index is 1.37. The number of carbonyl (C=O) groups is 2. The Kier molecular flexibility index (Phi) is 4.10. The molecule has 1 spiro atoms. The van der Waals surface area contributed by atoms with Crippen molar-refractivity contribution in [2.45, 2.75) is 19.4 Å². The van der Waals surface area contributed by atoms with E-state index in [1.807, 2.05) is 30.3 Å². The molecule has 0 saturated carbocycles. The van der Waals surface area contributed by atoms with Crippen LogP contribution in [0.3, 0.4) is 0 Å². The van der Waals surface area contributed by atoms with Crippen LogP contribution in [-0.2, 0) is 18.4 Å². The summed E-state index contributed by atoms with van der Waals surface area (Å²) in [7, 11) is 1.84. The Hall–Kier alpha value is -2.90. The van der Waals surface area contributed by atoms with Gasteiger partial charge in [0.15, 0.2) is 0 Å². The van der Waals surface area contributed by atoms with Crippen LogP contribution in [0.2, 0.25) is 0 Å². The van der Waals surface area contributed by atoms with Crippen LogP contribution in [-0.4, -0.2) is 51.2 Å². The van der Waals surface area contributed by atoms with Gasteiger partial charge in [0.1, 0.15) is 0 Å². The van der Waals surface area contributed by atoms with Crippen molar-refractivity contribution in [2.75, 3.05) is 24.5 Å². The van der Waals surface area contributed by atoms with Crippen molar-refractivity contribution in [3.8, 4) is 0 Å². The maximum atomic E-state index is 12.5. The van der Waals surface area contributed by atoms with Crippen molar-refractivity contribution in [3.63, 3.8) is 0 Å². The molecule has 136 valence electrons. The van der Waals surface area contributed by atoms with E-state index in [1.54, 1.807) is 28.2 Å². The Labute approximate surface area is 151 Å². The van der Waals surface area contributed by atoms with E-state index in [4.69, 9.17) is 0 Å². The number of hydrogen-bond acceptors (Lipinski definition) is 4.